The van der Waals surface area contributed by atoms with Crippen LogP contribution in [-0.2, 0) is 4.79 Å². The SMILES string of the molecule is Cc1cccc(NC(=O)CNc2ccc(C(=O)NC(C)C)cc2)c1. The normalized spacial score (nSPS) is 10.3. The van der Waals surface area contributed by atoms with Crippen LogP contribution >= 0.6 is 0 Å². The van der Waals surface area contributed by atoms with E-state index in [1.165, 1.54) is 0 Å². The zero-order valence-corrected chi connectivity index (χ0v) is 14.2. The number of carbonyl (C=O) groups excluding carboxylic acids is 2. The quantitative estimate of drug-likeness (QED) is 0.764. The standard InChI is InChI=1S/C19H23N3O2/c1-13(2)21-19(24)15-7-9-16(10-8-15)20-12-18(23)22-17-6-4-5-14(3)11-17/h4-11,13,20H,12H2,1-3H3,(H,21,24)(H,22,23). The molecule has 5 heteroatoms. The van der Waals surface area contributed by atoms with Crippen LogP contribution in [0.15, 0.2) is 48.5 Å². The lowest BCUT2D eigenvalue weighted by atomic mass is 10.2. The number of hydrogen-bond acceptors (Lipinski definition) is 3. The second kappa shape index (κ2) is 8.15. The molecule has 0 aromatic heterocycles. The van der Waals surface area contributed by atoms with Crippen molar-refractivity contribution in [2.45, 2.75) is 26.8 Å². The van der Waals surface area contributed by atoms with E-state index in [2.05, 4.69) is 16.0 Å². The predicted molar refractivity (Wildman–Crippen MR) is 97.3 cm³/mol. The Hall–Kier alpha value is -2.82. The summed E-state index contributed by atoms with van der Waals surface area (Å²) in [5.74, 6) is -0.226. The number of nitrogens with one attached hydrogen (secondary N) is 3. The van der Waals surface area contributed by atoms with Crippen molar-refractivity contribution in [3.63, 3.8) is 0 Å². The van der Waals surface area contributed by atoms with Crippen LogP contribution in [0.1, 0.15) is 29.8 Å². The highest BCUT2D eigenvalue weighted by atomic mass is 16.2. The fourth-order valence-corrected chi connectivity index (χ4v) is 2.20. The summed E-state index contributed by atoms with van der Waals surface area (Å²) in [6.07, 6.45) is 0. The monoisotopic (exact) mass is 325 g/mol. The van der Waals surface area contributed by atoms with E-state index in [-0.39, 0.29) is 24.4 Å². The van der Waals surface area contributed by atoms with Gasteiger partial charge in [0.2, 0.25) is 5.91 Å². The van der Waals surface area contributed by atoms with E-state index in [1.807, 2.05) is 45.0 Å². The van der Waals surface area contributed by atoms with Crippen LogP contribution in [0, 0.1) is 6.92 Å². The highest BCUT2D eigenvalue weighted by Gasteiger charge is 2.07. The van der Waals surface area contributed by atoms with Crippen LogP contribution in [0.5, 0.6) is 0 Å². The average molecular weight is 325 g/mol. The summed E-state index contributed by atoms with van der Waals surface area (Å²) in [4.78, 5) is 23.8. The number of carbonyl (C=O) groups is 2. The first-order valence-corrected chi connectivity index (χ1v) is 7.95. The first-order valence-electron chi connectivity index (χ1n) is 7.95. The Bertz CT molecular complexity index is 709. The topological polar surface area (TPSA) is 70.2 Å². The number of hydrogen-bond donors (Lipinski definition) is 3. The summed E-state index contributed by atoms with van der Waals surface area (Å²) in [6.45, 7) is 5.97. The summed E-state index contributed by atoms with van der Waals surface area (Å²) >= 11 is 0. The maximum absolute atomic E-state index is 12.0. The summed E-state index contributed by atoms with van der Waals surface area (Å²) in [5, 5.41) is 8.72. The van der Waals surface area contributed by atoms with Crippen molar-refractivity contribution in [3.8, 4) is 0 Å². The van der Waals surface area contributed by atoms with Crippen LogP contribution in [0.3, 0.4) is 0 Å². The van der Waals surface area contributed by atoms with Crippen LogP contribution in [0.25, 0.3) is 0 Å². The number of aryl methyl sites for hydroxylation is 1. The molecule has 0 fully saturated rings. The molecule has 0 bridgehead atoms. The Labute approximate surface area is 142 Å². The van der Waals surface area contributed by atoms with Gasteiger partial charge in [-0.1, -0.05) is 12.1 Å². The predicted octanol–water partition coefficient (Wildman–Crippen LogP) is 3.18. The Morgan fingerprint density at radius 3 is 2.33 bits per heavy atom. The smallest absolute Gasteiger partial charge is 0.251 e. The maximum atomic E-state index is 12.0. The molecule has 0 aliphatic carbocycles. The van der Waals surface area contributed by atoms with Crippen molar-refractivity contribution in [1.29, 1.82) is 0 Å². The molecule has 0 heterocycles. The van der Waals surface area contributed by atoms with Crippen molar-refractivity contribution in [1.82, 2.24) is 5.32 Å². The molecule has 0 saturated carbocycles. The van der Waals surface area contributed by atoms with E-state index in [0.29, 0.717) is 5.56 Å². The lowest BCUT2D eigenvalue weighted by Gasteiger charge is -2.10. The fraction of sp³-hybridized carbons (Fsp3) is 0.263. The fourth-order valence-electron chi connectivity index (χ4n) is 2.20. The molecule has 0 aliphatic rings. The molecule has 2 amide bonds. The van der Waals surface area contributed by atoms with E-state index >= 15 is 0 Å². The van der Waals surface area contributed by atoms with Gasteiger partial charge in [-0.3, -0.25) is 9.59 Å². The number of anilines is 2. The first kappa shape index (κ1) is 17.5. The van der Waals surface area contributed by atoms with Gasteiger partial charge in [-0.15, -0.1) is 0 Å². The lowest BCUT2D eigenvalue weighted by Crippen LogP contribution is -2.30. The Balaban J connectivity index is 1.85. The first-order chi connectivity index (χ1) is 11.4. The number of rotatable bonds is 6. The molecule has 3 N–H and O–H groups in total. The molecule has 2 aromatic carbocycles. The summed E-state index contributed by atoms with van der Waals surface area (Å²) in [7, 11) is 0. The van der Waals surface area contributed by atoms with Crippen molar-refractivity contribution in [2.75, 3.05) is 17.2 Å². The highest BCUT2D eigenvalue weighted by molar-refractivity contribution is 5.95. The van der Waals surface area contributed by atoms with Gasteiger partial charge in [-0.25, -0.2) is 0 Å². The lowest BCUT2D eigenvalue weighted by molar-refractivity contribution is -0.114. The van der Waals surface area contributed by atoms with E-state index in [1.54, 1.807) is 24.3 Å². The Kier molecular flexibility index (Phi) is 5.95. The van der Waals surface area contributed by atoms with Crippen molar-refractivity contribution < 1.29 is 9.59 Å². The minimum atomic E-state index is -0.123. The third-order valence-electron chi connectivity index (χ3n) is 3.32. The number of amides is 2. The number of benzene rings is 2. The van der Waals surface area contributed by atoms with Crippen LogP contribution in [0.2, 0.25) is 0 Å². The van der Waals surface area contributed by atoms with E-state index in [4.69, 9.17) is 0 Å². The third-order valence-corrected chi connectivity index (χ3v) is 3.32. The molecule has 0 atom stereocenters. The zero-order chi connectivity index (χ0) is 17.5. The molecule has 0 radical (unpaired) electrons. The second-order valence-electron chi connectivity index (χ2n) is 5.98. The van der Waals surface area contributed by atoms with Gasteiger partial charge in [-0.05, 0) is 62.7 Å². The van der Waals surface area contributed by atoms with Crippen molar-refractivity contribution in [3.05, 3.63) is 59.7 Å². The summed E-state index contributed by atoms with van der Waals surface area (Å²) < 4.78 is 0. The van der Waals surface area contributed by atoms with E-state index in [0.717, 1.165) is 16.9 Å². The van der Waals surface area contributed by atoms with Gasteiger partial charge >= 0.3 is 0 Å². The molecule has 2 rings (SSSR count). The van der Waals surface area contributed by atoms with Crippen LogP contribution in [0.4, 0.5) is 11.4 Å². The maximum Gasteiger partial charge on any atom is 0.251 e. The zero-order valence-electron chi connectivity index (χ0n) is 14.2. The van der Waals surface area contributed by atoms with Gasteiger partial charge in [0.15, 0.2) is 0 Å². The molecule has 0 aliphatic heterocycles. The molecule has 2 aromatic rings. The van der Waals surface area contributed by atoms with Crippen LogP contribution < -0.4 is 16.0 Å². The van der Waals surface area contributed by atoms with Gasteiger partial charge in [0.05, 0.1) is 6.54 Å². The highest BCUT2D eigenvalue weighted by Crippen LogP contribution is 2.11. The van der Waals surface area contributed by atoms with Crippen molar-refractivity contribution in [2.24, 2.45) is 0 Å². The summed E-state index contributed by atoms with van der Waals surface area (Å²) in [5.41, 5.74) is 3.26. The third kappa shape index (κ3) is 5.43. The largest absolute Gasteiger partial charge is 0.376 e. The van der Waals surface area contributed by atoms with E-state index < -0.39 is 0 Å². The van der Waals surface area contributed by atoms with Gasteiger partial charge in [0.1, 0.15) is 0 Å². The Morgan fingerprint density at radius 2 is 1.71 bits per heavy atom. The molecule has 5 nitrogen and oxygen atoms in total. The van der Waals surface area contributed by atoms with Crippen molar-refractivity contribution >= 4 is 23.2 Å². The van der Waals surface area contributed by atoms with Gasteiger partial charge < -0.3 is 16.0 Å². The molecular formula is C19H23N3O2. The van der Waals surface area contributed by atoms with Crippen LogP contribution in [-0.4, -0.2) is 24.4 Å². The van der Waals surface area contributed by atoms with Gasteiger partial charge in [-0.2, -0.15) is 0 Å². The molecule has 24 heavy (non-hydrogen) atoms. The molecular weight excluding hydrogens is 302 g/mol. The average Bonchev–Trinajstić information content (AvgIpc) is 2.53. The molecule has 0 unspecified atom stereocenters. The second-order valence-corrected chi connectivity index (χ2v) is 5.98. The van der Waals surface area contributed by atoms with Gasteiger partial charge in [0, 0.05) is 23.0 Å². The molecule has 0 spiro atoms. The Morgan fingerprint density at radius 1 is 1.00 bits per heavy atom. The molecule has 0 saturated heterocycles. The summed E-state index contributed by atoms with van der Waals surface area (Å²) in [6, 6.07) is 14.8. The minimum absolute atomic E-state index is 0.0978. The molecule has 126 valence electrons. The van der Waals surface area contributed by atoms with Gasteiger partial charge in [0.25, 0.3) is 5.91 Å². The minimum Gasteiger partial charge on any atom is -0.376 e. The van der Waals surface area contributed by atoms with E-state index in [9.17, 15) is 9.59 Å².